The third-order valence-corrected chi connectivity index (χ3v) is 5.31. The Morgan fingerprint density at radius 2 is 1.87 bits per heavy atom. The van der Waals surface area contributed by atoms with Gasteiger partial charge >= 0.3 is 12.0 Å². The summed E-state index contributed by atoms with van der Waals surface area (Å²) in [5, 5.41) is 7.24. The summed E-state index contributed by atoms with van der Waals surface area (Å²) in [5.41, 5.74) is 1.09. The van der Waals surface area contributed by atoms with Crippen LogP contribution in [-0.4, -0.2) is 49.4 Å². The predicted octanol–water partition coefficient (Wildman–Crippen LogP) is 2.01. The fraction of sp³-hybridized carbons (Fsp3) is 0.200. The first-order valence-corrected chi connectivity index (χ1v) is 10.2. The topological polar surface area (TPSA) is 132 Å². The number of nitrogens with one attached hydrogen (secondary N) is 3. The predicted molar refractivity (Wildman–Crippen MR) is 111 cm³/mol. The number of thioether (sulfide) groups is 1. The molecular weight excluding hydrogens is 426 g/mol. The first-order chi connectivity index (χ1) is 15.0. The molecule has 10 nitrogen and oxygen atoms in total. The van der Waals surface area contributed by atoms with Gasteiger partial charge in [-0.1, -0.05) is 0 Å². The number of urea groups is 1. The minimum Gasteiger partial charge on any atom is -0.486 e. The third kappa shape index (κ3) is 5.07. The van der Waals surface area contributed by atoms with Gasteiger partial charge < -0.3 is 24.8 Å². The van der Waals surface area contributed by atoms with Crippen LogP contribution in [0.5, 0.6) is 11.5 Å². The van der Waals surface area contributed by atoms with Crippen LogP contribution in [0.3, 0.4) is 0 Å². The maximum absolute atomic E-state index is 12.2. The summed E-state index contributed by atoms with van der Waals surface area (Å²) in [6.07, 6.45) is 0. The molecule has 3 N–H and O–H groups in total. The van der Waals surface area contributed by atoms with Gasteiger partial charge in [-0.05, 0) is 30.3 Å². The van der Waals surface area contributed by atoms with Crippen LogP contribution >= 0.6 is 11.8 Å². The highest BCUT2D eigenvalue weighted by molar-refractivity contribution is 8.00. The number of amides is 4. The summed E-state index contributed by atoms with van der Waals surface area (Å²) in [6.45, 7) is 0.208. The van der Waals surface area contributed by atoms with Gasteiger partial charge in [0.15, 0.2) is 18.1 Å². The van der Waals surface area contributed by atoms with Crippen LogP contribution in [0, 0.1) is 0 Å². The maximum Gasteiger partial charge on any atom is 0.338 e. The van der Waals surface area contributed by atoms with Crippen LogP contribution in [-0.2, 0) is 14.3 Å². The zero-order chi connectivity index (χ0) is 21.8. The second-order valence-electron chi connectivity index (χ2n) is 6.48. The summed E-state index contributed by atoms with van der Waals surface area (Å²) in [5.74, 6) is -0.346. The smallest absolute Gasteiger partial charge is 0.338 e. The van der Waals surface area contributed by atoms with Crippen LogP contribution in [0.1, 0.15) is 10.4 Å². The SMILES string of the molecule is O=C(COC(=O)c1ccc2c(c1)NC(=O)CS2)NC(=O)Nc1ccc2c(c1)OCCO2. The minimum atomic E-state index is -0.801. The number of imide groups is 1. The number of carbonyl (C=O) groups is 4. The molecule has 4 amide bonds. The number of ether oxygens (including phenoxy) is 3. The summed E-state index contributed by atoms with van der Waals surface area (Å²) < 4.78 is 15.8. The molecule has 31 heavy (non-hydrogen) atoms. The Hall–Kier alpha value is -3.73. The van der Waals surface area contributed by atoms with E-state index in [-0.39, 0.29) is 11.5 Å². The number of carbonyl (C=O) groups excluding carboxylic acids is 4. The number of hydrogen-bond acceptors (Lipinski definition) is 8. The van der Waals surface area contributed by atoms with Crippen molar-refractivity contribution in [3.05, 3.63) is 42.0 Å². The van der Waals surface area contributed by atoms with Crippen molar-refractivity contribution in [2.75, 3.05) is 36.2 Å². The van der Waals surface area contributed by atoms with Crippen LogP contribution in [0.25, 0.3) is 0 Å². The fourth-order valence-electron chi connectivity index (χ4n) is 2.87. The van der Waals surface area contributed by atoms with Gasteiger partial charge in [-0.2, -0.15) is 0 Å². The third-order valence-electron chi connectivity index (χ3n) is 4.24. The Morgan fingerprint density at radius 1 is 1.06 bits per heavy atom. The molecule has 2 aliphatic heterocycles. The highest BCUT2D eigenvalue weighted by Crippen LogP contribution is 2.33. The number of anilines is 2. The Balaban J connectivity index is 1.27. The Morgan fingerprint density at radius 3 is 2.71 bits per heavy atom. The number of fused-ring (bicyclic) bond motifs is 2. The zero-order valence-corrected chi connectivity index (χ0v) is 16.9. The van der Waals surface area contributed by atoms with E-state index in [1.807, 2.05) is 0 Å². The molecule has 160 valence electrons. The molecule has 0 atom stereocenters. The molecule has 0 fully saturated rings. The molecule has 2 aromatic carbocycles. The van der Waals surface area contributed by atoms with E-state index in [0.29, 0.717) is 41.8 Å². The standard InChI is InChI=1S/C20H17N3O7S/c24-17(23-20(27)21-12-2-3-14-15(8-12)29-6-5-28-14)9-30-19(26)11-1-4-16-13(7-11)22-18(25)10-31-16/h1-4,7-8H,5-6,9-10H2,(H,22,25)(H2,21,23,24,27). The maximum atomic E-state index is 12.2. The molecule has 0 radical (unpaired) electrons. The van der Waals surface area contributed by atoms with Gasteiger partial charge in [-0.3, -0.25) is 14.9 Å². The second kappa shape index (κ2) is 8.96. The van der Waals surface area contributed by atoms with E-state index in [1.165, 1.54) is 23.9 Å². The van der Waals surface area contributed by atoms with Crippen molar-refractivity contribution in [2.45, 2.75) is 4.90 Å². The number of hydrogen-bond donors (Lipinski definition) is 3. The molecular formula is C20H17N3O7S. The Kier molecular flexibility index (Phi) is 5.94. The highest BCUT2D eigenvalue weighted by atomic mass is 32.2. The molecule has 0 saturated heterocycles. The first kappa shape index (κ1) is 20.5. The molecule has 0 bridgehead atoms. The molecule has 2 heterocycles. The van der Waals surface area contributed by atoms with Crippen molar-refractivity contribution in [1.29, 1.82) is 0 Å². The fourth-order valence-corrected chi connectivity index (χ4v) is 3.66. The van der Waals surface area contributed by atoms with E-state index in [0.717, 1.165) is 4.90 Å². The van der Waals surface area contributed by atoms with Crippen molar-refractivity contribution >= 4 is 47.0 Å². The normalized spacial score (nSPS) is 14.0. The molecule has 4 rings (SSSR count). The van der Waals surface area contributed by atoms with E-state index in [4.69, 9.17) is 14.2 Å². The monoisotopic (exact) mass is 443 g/mol. The van der Waals surface area contributed by atoms with Crippen LogP contribution in [0.4, 0.5) is 16.2 Å². The summed E-state index contributed by atoms with van der Waals surface area (Å²) >= 11 is 1.36. The van der Waals surface area contributed by atoms with E-state index >= 15 is 0 Å². The van der Waals surface area contributed by atoms with Crippen LogP contribution in [0.2, 0.25) is 0 Å². The first-order valence-electron chi connectivity index (χ1n) is 9.22. The minimum absolute atomic E-state index is 0.161. The van der Waals surface area contributed by atoms with Crippen molar-refractivity contribution in [1.82, 2.24) is 5.32 Å². The molecule has 0 spiro atoms. The summed E-state index contributed by atoms with van der Waals surface area (Å²) in [7, 11) is 0. The average Bonchev–Trinajstić information content (AvgIpc) is 2.76. The van der Waals surface area contributed by atoms with Gasteiger partial charge in [0.25, 0.3) is 5.91 Å². The molecule has 0 unspecified atom stereocenters. The van der Waals surface area contributed by atoms with Crippen molar-refractivity contribution in [3.63, 3.8) is 0 Å². The van der Waals surface area contributed by atoms with E-state index in [9.17, 15) is 19.2 Å². The largest absolute Gasteiger partial charge is 0.486 e. The van der Waals surface area contributed by atoms with Gasteiger partial charge in [0.1, 0.15) is 13.2 Å². The van der Waals surface area contributed by atoms with Gasteiger partial charge in [-0.25, -0.2) is 9.59 Å². The lowest BCUT2D eigenvalue weighted by Crippen LogP contribution is -2.37. The van der Waals surface area contributed by atoms with Crippen molar-refractivity contribution < 1.29 is 33.4 Å². The average molecular weight is 443 g/mol. The molecule has 0 aromatic heterocycles. The van der Waals surface area contributed by atoms with Gasteiger partial charge in [-0.15, -0.1) is 11.8 Å². The lowest BCUT2D eigenvalue weighted by Gasteiger charge is -2.19. The molecule has 2 aromatic rings. The quantitative estimate of drug-likeness (QED) is 0.612. The van der Waals surface area contributed by atoms with Crippen LogP contribution in [0.15, 0.2) is 41.3 Å². The Bertz CT molecular complexity index is 1070. The Labute approximate surface area is 180 Å². The lowest BCUT2D eigenvalue weighted by molar-refractivity contribution is -0.123. The zero-order valence-electron chi connectivity index (χ0n) is 16.1. The summed E-state index contributed by atoms with van der Waals surface area (Å²) in [4.78, 5) is 48.4. The van der Waals surface area contributed by atoms with Crippen molar-refractivity contribution in [2.24, 2.45) is 0 Å². The van der Waals surface area contributed by atoms with E-state index in [1.54, 1.807) is 24.3 Å². The molecule has 2 aliphatic rings. The number of benzene rings is 2. The van der Waals surface area contributed by atoms with E-state index in [2.05, 4.69) is 16.0 Å². The molecule has 0 aliphatic carbocycles. The molecule has 11 heteroatoms. The lowest BCUT2D eigenvalue weighted by atomic mass is 10.2. The summed E-state index contributed by atoms with van der Waals surface area (Å²) in [6, 6.07) is 8.75. The van der Waals surface area contributed by atoms with Crippen LogP contribution < -0.4 is 25.4 Å². The van der Waals surface area contributed by atoms with Gasteiger partial charge in [0, 0.05) is 16.6 Å². The molecule has 0 saturated carbocycles. The number of esters is 1. The highest BCUT2D eigenvalue weighted by Gasteiger charge is 2.19. The van der Waals surface area contributed by atoms with E-state index < -0.39 is 24.5 Å². The van der Waals surface area contributed by atoms with Gasteiger partial charge in [0.05, 0.1) is 17.0 Å². The second-order valence-corrected chi connectivity index (χ2v) is 7.50. The van der Waals surface area contributed by atoms with Crippen molar-refractivity contribution in [3.8, 4) is 11.5 Å². The van der Waals surface area contributed by atoms with Gasteiger partial charge in [0.2, 0.25) is 5.91 Å². The number of rotatable bonds is 4.